The highest BCUT2D eigenvalue weighted by atomic mass is 14.6. The first-order valence-corrected chi connectivity index (χ1v) is 9.33. The number of hydrogen-bond acceptors (Lipinski definition) is 3. The van der Waals surface area contributed by atoms with Crippen LogP contribution < -0.4 is 17.2 Å². The molecular weight excluding hydrogens is 342 g/mol. The monoisotopic (exact) mass is 363 g/mol. The van der Waals surface area contributed by atoms with Gasteiger partial charge in [-0.3, -0.25) is 0 Å². The Bertz CT molecular complexity index is 1130. The first-order valence-electron chi connectivity index (χ1n) is 9.33. The Labute approximate surface area is 164 Å². The molecule has 0 heterocycles. The van der Waals surface area contributed by atoms with Gasteiger partial charge in [-0.15, -0.1) is 0 Å². The van der Waals surface area contributed by atoms with Crippen molar-refractivity contribution < 1.29 is 0 Å². The van der Waals surface area contributed by atoms with Gasteiger partial charge in [-0.05, 0) is 58.1 Å². The van der Waals surface area contributed by atoms with Crippen molar-refractivity contribution in [3.63, 3.8) is 0 Å². The molecule has 28 heavy (non-hydrogen) atoms. The molecule has 3 heteroatoms. The van der Waals surface area contributed by atoms with Crippen molar-refractivity contribution in [3.8, 4) is 11.1 Å². The van der Waals surface area contributed by atoms with Crippen LogP contribution in [0.15, 0.2) is 91.0 Å². The first-order chi connectivity index (χ1) is 13.6. The number of rotatable bonds is 2. The maximum Gasteiger partial charge on any atom is 0.0733 e. The highest BCUT2D eigenvalue weighted by Gasteiger charge is 2.47. The van der Waals surface area contributed by atoms with Gasteiger partial charge in [-0.25, -0.2) is 0 Å². The van der Waals surface area contributed by atoms with E-state index < -0.39 is 5.41 Å². The van der Waals surface area contributed by atoms with Gasteiger partial charge in [0.05, 0.1) is 5.41 Å². The maximum absolute atomic E-state index is 6.61. The van der Waals surface area contributed by atoms with Gasteiger partial charge in [0, 0.05) is 22.6 Å². The van der Waals surface area contributed by atoms with Gasteiger partial charge in [0.1, 0.15) is 0 Å². The molecule has 0 aromatic heterocycles. The van der Waals surface area contributed by atoms with Gasteiger partial charge in [0.2, 0.25) is 0 Å². The molecule has 4 aromatic carbocycles. The summed E-state index contributed by atoms with van der Waals surface area (Å²) in [5.41, 5.74) is 27.3. The van der Waals surface area contributed by atoms with Crippen molar-refractivity contribution in [2.75, 3.05) is 17.2 Å². The van der Waals surface area contributed by atoms with Crippen molar-refractivity contribution in [1.29, 1.82) is 0 Å². The average molecular weight is 363 g/mol. The predicted octanol–water partition coefficient (Wildman–Crippen LogP) is 4.80. The summed E-state index contributed by atoms with van der Waals surface area (Å²) < 4.78 is 0. The maximum atomic E-state index is 6.61. The fraction of sp³-hybridized carbons (Fsp3) is 0.0400. The Morgan fingerprint density at radius 2 is 1.04 bits per heavy atom. The van der Waals surface area contributed by atoms with Gasteiger partial charge >= 0.3 is 0 Å². The molecule has 0 spiro atoms. The van der Waals surface area contributed by atoms with Crippen LogP contribution >= 0.6 is 0 Å². The molecule has 136 valence electrons. The lowest BCUT2D eigenvalue weighted by atomic mass is 9.67. The summed E-state index contributed by atoms with van der Waals surface area (Å²) in [4.78, 5) is 0. The van der Waals surface area contributed by atoms with Crippen LogP contribution in [0.5, 0.6) is 0 Å². The molecule has 0 amide bonds. The molecule has 5 rings (SSSR count). The number of fused-ring (bicyclic) bond motifs is 3. The van der Waals surface area contributed by atoms with E-state index in [2.05, 4.69) is 54.6 Å². The van der Waals surface area contributed by atoms with E-state index in [9.17, 15) is 0 Å². The number of hydrogen-bond donors (Lipinski definition) is 3. The number of nitrogens with two attached hydrogens (primary N) is 3. The summed E-state index contributed by atoms with van der Waals surface area (Å²) in [5.74, 6) is 0. The Morgan fingerprint density at radius 1 is 0.500 bits per heavy atom. The van der Waals surface area contributed by atoms with E-state index in [4.69, 9.17) is 17.2 Å². The van der Waals surface area contributed by atoms with Crippen molar-refractivity contribution in [3.05, 3.63) is 113 Å². The van der Waals surface area contributed by atoms with Crippen LogP contribution in [0.1, 0.15) is 22.3 Å². The molecule has 1 aliphatic carbocycles. The first kappa shape index (κ1) is 16.5. The minimum Gasteiger partial charge on any atom is -0.399 e. The normalized spacial score (nSPS) is 13.7. The lowest BCUT2D eigenvalue weighted by Crippen LogP contribution is -2.29. The molecule has 1 aliphatic rings. The molecule has 0 unspecified atom stereocenters. The third kappa shape index (κ3) is 2.10. The minimum atomic E-state index is -0.515. The molecule has 0 bridgehead atoms. The van der Waals surface area contributed by atoms with Crippen LogP contribution in [0.4, 0.5) is 17.1 Å². The molecule has 4 aromatic rings. The topological polar surface area (TPSA) is 78.1 Å². The van der Waals surface area contributed by atoms with Gasteiger partial charge in [0.15, 0.2) is 0 Å². The van der Waals surface area contributed by atoms with E-state index in [1.165, 1.54) is 16.7 Å². The van der Waals surface area contributed by atoms with Crippen molar-refractivity contribution in [1.82, 2.24) is 0 Å². The van der Waals surface area contributed by atoms with E-state index in [0.29, 0.717) is 0 Å². The Kier molecular flexibility index (Phi) is 3.46. The summed E-state index contributed by atoms with van der Waals surface area (Å²) in [6.45, 7) is 0. The van der Waals surface area contributed by atoms with E-state index in [1.807, 2.05) is 36.4 Å². The van der Waals surface area contributed by atoms with E-state index >= 15 is 0 Å². The van der Waals surface area contributed by atoms with Crippen LogP contribution in [0, 0.1) is 0 Å². The summed E-state index contributed by atoms with van der Waals surface area (Å²) >= 11 is 0. The molecule has 3 nitrogen and oxygen atoms in total. The van der Waals surface area contributed by atoms with Crippen molar-refractivity contribution in [2.24, 2.45) is 0 Å². The standard InChI is InChI=1S/C25H21N3/c26-18-12-8-16(9-13-18)25(17-10-14-19(27)15-11-17)22-6-2-1-4-20(22)21-5-3-7-23(28)24(21)25/h1-15H,26-28H2. The lowest BCUT2D eigenvalue weighted by molar-refractivity contribution is 0.771. The molecular formula is C25H21N3. The third-order valence-corrected chi connectivity index (χ3v) is 5.78. The van der Waals surface area contributed by atoms with E-state index in [-0.39, 0.29) is 0 Å². The van der Waals surface area contributed by atoms with Crippen LogP contribution in [-0.2, 0) is 5.41 Å². The third-order valence-electron chi connectivity index (χ3n) is 5.78. The largest absolute Gasteiger partial charge is 0.399 e. The fourth-order valence-electron chi connectivity index (χ4n) is 4.63. The summed E-state index contributed by atoms with van der Waals surface area (Å²) in [6.07, 6.45) is 0. The molecule has 0 atom stereocenters. The van der Waals surface area contributed by atoms with Gasteiger partial charge in [-0.2, -0.15) is 0 Å². The SMILES string of the molecule is Nc1ccc(C2(c3ccc(N)cc3)c3ccccc3-c3cccc(N)c32)cc1. The second-order valence-electron chi connectivity index (χ2n) is 7.31. The molecule has 0 saturated carbocycles. The van der Waals surface area contributed by atoms with Crippen LogP contribution in [-0.4, -0.2) is 0 Å². The molecule has 6 N–H and O–H groups in total. The number of anilines is 3. The zero-order chi connectivity index (χ0) is 19.3. The predicted molar refractivity (Wildman–Crippen MR) is 117 cm³/mol. The second kappa shape index (κ2) is 5.89. The summed E-state index contributed by atoms with van der Waals surface area (Å²) in [6, 6.07) is 30.9. The van der Waals surface area contributed by atoms with Crippen molar-refractivity contribution in [2.45, 2.75) is 5.41 Å². The van der Waals surface area contributed by atoms with Gasteiger partial charge < -0.3 is 17.2 Å². The Balaban J connectivity index is 1.98. The highest BCUT2D eigenvalue weighted by molar-refractivity contribution is 5.90. The van der Waals surface area contributed by atoms with Crippen molar-refractivity contribution >= 4 is 17.1 Å². The number of benzene rings is 4. The van der Waals surface area contributed by atoms with Crippen LogP contribution in [0.3, 0.4) is 0 Å². The summed E-state index contributed by atoms with van der Waals surface area (Å²) in [7, 11) is 0. The lowest BCUT2D eigenvalue weighted by Gasteiger charge is -2.34. The quantitative estimate of drug-likeness (QED) is 0.394. The Hall–Kier alpha value is -3.72. The van der Waals surface area contributed by atoms with Crippen LogP contribution in [0.2, 0.25) is 0 Å². The van der Waals surface area contributed by atoms with E-state index in [1.54, 1.807) is 0 Å². The second-order valence-corrected chi connectivity index (χ2v) is 7.31. The minimum absolute atomic E-state index is 0.515. The smallest absolute Gasteiger partial charge is 0.0733 e. The molecule has 0 aliphatic heterocycles. The zero-order valence-corrected chi connectivity index (χ0v) is 15.4. The highest BCUT2D eigenvalue weighted by Crippen LogP contribution is 2.57. The fourth-order valence-corrected chi connectivity index (χ4v) is 4.63. The van der Waals surface area contributed by atoms with E-state index in [0.717, 1.165) is 33.8 Å². The molecule has 0 fully saturated rings. The Morgan fingerprint density at radius 3 is 1.64 bits per heavy atom. The van der Waals surface area contributed by atoms with Gasteiger partial charge in [-0.1, -0.05) is 60.7 Å². The average Bonchev–Trinajstić information content (AvgIpc) is 3.02. The molecule has 0 saturated heterocycles. The molecule has 0 radical (unpaired) electrons. The summed E-state index contributed by atoms with van der Waals surface area (Å²) in [5, 5.41) is 0. The van der Waals surface area contributed by atoms with Gasteiger partial charge in [0.25, 0.3) is 0 Å². The van der Waals surface area contributed by atoms with Crippen LogP contribution in [0.25, 0.3) is 11.1 Å². The number of nitrogen functional groups attached to an aromatic ring is 3. The zero-order valence-electron chi connectivity index (χ0n) is 15.4.